The molecule has 0 spiro atoms. The second-order valence-corrected chi connectivity index (χ2v) is 11.8. The maximum Gasteiger partial charge on any atom is 0.328 e. The number of nitrogens with two attached hydrogens (primary N) is 1. The fourth-order valence-corrected chi connectivity index (χ4v) is 8.24. The van der Waals surface area contributed by atoms with Gasteiger partial charge in [0.2, 0.25) is 11.8 Å². The van der Waals surface area contributed by atoms with E-state index < -0.39 is 63.1 Å². The number of fused-ring (bicyclic) bond motifs is 5. The summed E-state index contributed by atoms with van der Waals surface area (Å²) in [6.45, 7) is 0. The first-order valence-electron chi connectivity index (χ1n) is 11.9. The van der Waals surface area contributed by atoms with Crippen LogP contribution in [0.5, 0.6) is 5.75 Å². The number of aromatic hydroxyl groups is 1. The highest BCUT2D eigenvalue weighted by Gasteiger charge is 2.76. The molecule has 2 saturated heterocycles. The van der Waals surface area contributed by atoms with Gasteiger partial charge in [-0.2, -0.15) is 4.90 Å². The summed E-state index contributed by atoms with van der Waals surface area (Å²) in [5.74, 6) is -6.94. The Morgan fingerprint density at radius 1 is 1.05 bits per heavy atom. The number of carbonyl (C=O) groups excluding carboxylic acids is 5. The number of hydrogen-bond acceptors (Lipinski definition) is 6. The van der Waals surface area contributed by atoms with Crippen LogP contribution in [0.3, 0.4) is 0 Å². The lowest BCUT2D eigenvalue weighted by molar-refractivity contribution is -0.139. The predicted molar refractivity (Wildman–Crippen MR) is 140 cm³/mol. The number of benzene rings is 2. The van der Waals surface area contributed by atoms with Gasteiger partial charge in [0.05, 0.1) is 17.3 Å². The van der Waals surface area contributed by atoms with E-state index in [1.54, 1.807) is 30.3 Å². The number of amides is 6. The average molecular weight is 621 g/mol. The zero-order valence-corrected chi connectivity index (χ0v) is 22.7. The van der Waals surface area contributed by atoms with Gasteiger partial charge in [0, 0.05) is 16.9 Å². The van der Waals surface area contributed by atoms with Gasteiger partial charge in [0.25, 0.3) is 11.8 Å². The normalized spacial score (nSPS) is 34.3. The summed E-state index contributed by atoms with van der Waals surface area (Å²) in [6.07, 6.45) is 1.58. The van der Waals surface area contributed by atoms with Gasteiger partial charge in [-0.3, -0.25) is 24.1 Å². The quantitative estimate of drug-likeness (QED) is 0.229. The van der Waals surface area contributed by atoms with E-state index in [-0.39, 0.29) is 29.6 Å². The van der Waals surface area contributed by atoms with Crippen LogP contribution in [0.25, 0.3) is 10.8 Å². The molecule has 6 rings (SSSR count). The molecule has 0 aromatic heterocycles. The monoisotopic (exact) mass is 619 g/mol. The number of imide groups is 4. The van der Waals surface area contributed by atoms with Gasteiger partial charge in [-0.1, -0.05) is 64.0 Å². The number of hydrogen-bond donors (Lipinski definition) is 2. The van der Waals surface area contributed by atoms with Crippen LogP contribution in [0.4, 0.5) is 4.79 Å². The number of urea groups is 1. The zero-order chi connectivity index (χ0) is 27.3. The summed E-state index contributed by atoms with van der Waals surface area (Å²) in [5.41, 5.74) is 5.95. The lowest BCUT2D eigenvalue weighted by Crippen LogP contribution is -2.60. The van der Waals surface area contributed by atoms with E-state index >= 15 is 0 Å². The largest absolute Gasteiger partial charge is 0.507 e. The Kier molecular flexibility index (Phi) is 5.52. The number of phenols is 1. The van der Waals surface area contributed by atoms with Crippen molar-refractivity contribution < 1.29 is 29.1 Å². The van der Waals surface area contributed by atoms with Crippen LogP contribution in [-0.2, 0) is 19.2 Å². The molecule has 0 radical (unpaired) electrons. The molecule has 2 aliphatic heterocycles. The average Bonchev–Trinajstić information content (AvgIpc) is 3.23. The number of alkyl halides is 3. The summed E-state index contributed by atoms with van der Waals surface area (Å²) in [4.78, 5) is 63.0. The van der Waals surface area contributed by atoms with Crippen molar-refractivity contribution in [2.45, 2.75) is 28.5 Å². The summed E-state index contributed by atoms with van der Waals surface area (Å²) >= 11 is 17.4. The number of nitrogens with zero attached hydrogens (tertiary/aromatic N) is 2. The summed E-state index contributed by atoms with van der Waals surface area (Å²) in [5, 5.41) is 12.7. The molecule has 2 aromatic rings. The van der Waals surface area contributed by atoms with E-state index in [2.05, 4.69) is 15.9 Å². The molecule has 12 heteroatoms. The lowest BCUT2D eigenvalue weighted by atomic mass is 9.56. The molecule has 6 unspecified atom stereocenters. The molecular formula is C26H20BrCl2N3O6. The molecule has 6 atom stereocenters. The van der Waals surface area contributed by atoms with E-state index in [1.807, 2.05) is 12.1 Å². The highest BCUT2D eigenvalue weighted by molar-refractivity contribution is 9.09. The molecule has 196 valence electrons. The van der Waals surface area contributed by atoms with Crippen molar-refractivity contribution >= 4 is 79.6 Å². The number of primary amides is 1. The van der Waals surface area contributed by atoms with Gasteiger partial charge in [0.1, 0.15) is 5.75 Å². The smallest absolute Gasteiger partial charge is 0.328 e. The maximum atomic E-state index is 13.8. The first-order valence-corrected chi connectivity index (χ1v) is 13.7. The van der Waals surface area contributed by atoms with E-state index in [1.165, 1.54) is 0 Å². The fraction of sp³-hybridized carbons (Fsp3) is 0.346. The minimum atomic E-state index is -2.04. The van der Waals surface area contributed by atoms with Crippen LogP contribution in [-0.4, -0.2) is 59.8 Å². The molecule has 2 aliphatic carbocycles. The zero-order valence-electron chi connectivity index (χ0n) is 19.6. The molecule has 1 saturated carbocycles. The van der Waals surface area contributed by atoms with Crippen molar-refractivity contribution in [1.82, 2.24) is 9.80 Å². The molecule has 3 N–H and O–H groups in total. The van der Waals surface area contributed by atoms with E-state index in [4.69, 9.17) is 28.9 Å². The van der Waals surface area contributed by atoms with Crippen molar-refractivity contribution in [3.8, 4) is 5.75 Å². The minimum absolute atomic E-state index is 0.0856. The van der Waals surface area contributed by atoms with Gasteiger partial charge in [-0.15, -0.1) is 23.2 Å². The summed E-state index contributed by atoms with van der Waals surface area (Å²) in [6, 6.07) is 9.30. The highest BCUT2D eigenvalue weighted by atomic mass is 79.9. The molecule has 6 amide bonds. The van der Waals surface area contributed by atoms with Gasteiger partial charge < -0.3 is 10.8 Å². The second-order valence-electron chi connectivity index (χ2n) is 10.1. The number of phenolic OH excluding ortho intramolecular Hbond substituents is 1. The topological polar surface area (TPSA) is 138 Å². The molecular weight excluding hydrogens is 601 g/mol. The highest BCUT2D eigenvalue weighted by Crippen LogP contribution is 2.66. The third kappa shape index (κ3) is 2.91. The Morgan fingerprint density at radius 3 is 2.45 bits per heavy atom. The minimum Gasteiger partial charge on any atom is -0.507 e. The first-order chi connectivity index (χ1) is 18.0. The molecule has 38 heavy (non-hydrogen) atoms. The summed E-state index contributed by atoms with van der Waals surface area (Å²) in [7, 11) is 0. The molecule has 3 fully saturated rings. The van der Waals surface area contributed by atoms with E-state index in [0.29, 0.717) is 15.9 Å². The molecule has 2 heterocycles. The summed E-state index contributed by atoms with van der Waals surface area (Å²) < 4.78 is 0. The Bertz CT molecular complexity index is 1530. The van der Waals surface area contributed by atoms with E-state index in [0.717, 1.165) is 10.3 Å². The van der Waals surface area contributed by atoms with Crippen LogP contribution in [0, 0.1) is 17.8 Å². The third-order valence-corrected chi connectivity index (χ3v) is 10.4. The molecule has 0 bridgehead atoms. The van der Waals surface area contributed by atoms with Crippen LogP contribution >= 0.6 is 39.1 Å². The van der Waals surface area contributed by atoms with Crippen molar-refractivity contribution in [2.24, 2.45) is 23.5 Å². The van der Waals surface area contributed by atoms with Crippen molar-refractivity contribution in [3.05, 3.63) is 53.6 Å². The first kappa shape index (κ1) is 25.3. The Labute approximate surface area is 234 Å². The predicted octanol–water partition coefficient (Wildman–Crippen LogP) is 3.34. The van der Waals surface area contributed by atoms with Crippen molar-refractivity contribution in [3.63, 3.8) is 0 Å². The Hall–Kier alpha value is -2.95. The van der Waals surface area contributed by atoms with Crippen LogP contribution < -0.4 is 5.73 Å². The van der Waals surface area contributed by atoms with Crippen LogP contribution in [0.2, 0.25) is 0 Å². The third-order valence-electron chi connectivity index (χ3n) is 8.48. The van der Waals surface area contributed by atoms with Crippen LogP contribution in [0.1, 0.15) is 24.3 Å². The number of likely N-dealkylation sites (tertiary alicyclic amines) is 2. The molecule has 4 aliphatic rings. The molecule has 2 aromatic carbocycles. The van der Waals surface area contributed by atoms with E-state index in [9.17, 15) is 29.1 Å². The van der Waals surface area contributed by atoms with Gasteiger partial charge >= 0.3 is 6.03 Å². The van der Waals surface area contributed by atoms with Crippen LogP contribution in [0.15, 0.2) is 48.0 Å². The van der Waals surface area contributed by atoms with Gasteiger partial charge in [-0.05, 0) is 24.1 Å². The molecule has 9 nitrogen and oxygen atoms in total. The van der Waals surface area contributed by atoms with Crippen molar-refractivity contribution in [2.75, 3.05) is 5.45 Å². The van der Waals surface area contributed by atoms with Gasteiger partial charge in [-0.25, -0.2) is 4.79 Å². The standard InChI is InChI=1S/C26H20BrCl2N3O6/c27-10-31-22(36)25(28)9-16-13(7-8-14-17(16)21(35)32(20(14)34)24(30)38)18(26(25,29)23(31)37)15-6-5-11-3-1-2-4-12(11)19(15)33/h1-7,14,16-18,33H,8-10H2,(H2,30,38). The number of carbonyl (C=O) groups is 5. The Balaban J connectivity index is 1.61. The number of allylic oxidation sites excluding steroid dienone is 2. The second kappa shape index (κ2) is 8.27. The number of rotatable bonds is 2. The van der Waals surface area contributed by atoms with Gasteiger partial charge in [0.15, 0.2) is 9.75 Å². The van der Waals surface area contributed by atoms with Crippen molar-refractivity contribution in [1.29, 1.82) is 0 Å². The lowest BCUT2D eigenvalue weighted by Gasteiger charge is -2.50. The number of halogens is 3. The maximum absolute atomic E-state index is 13.8. The Morgan fingerprint density at radius 2 is 1.76 bits per heavy atom. The fourth-order valence-electron chi connectivity index (χ4n) is 6.82. The SMILES string of the molecule is NC(=O)N1C(=O)C2CC=C3C(CC4(Cl)C(=O)N(CBr)C(=O)C4(Cl)C3c3ccc4ccccc4c3O)C2C1=O.